The molecule has 1 saturated heterocycles. The van der Waals surface area contributed by atoms with Crippen LogP contribution < -0.4 is 20.5 Å². The number of rotatable bonds is 10. The molecule has 2 atom stereocenters. The Kier molecular flexibility index (Phi) is 13.3. The van der Waals surface area contributed by atoms with Crippen molar-refractivity contribution in [3.8, 4) is 34.1 Å². The van der Waals surface area contributed by atoms with Crippen LogP contribution >= 0.6 is 23.2 Å². The minimum atomic E-state index is -1.22. The lowest BCUT2D eigenvalue weighted by atomic mass is 9.99. The predicted molar refractivity (Wildman–Crippen MR) is 227 cm³/mol. The van der Waals surface area contributed by atoms with E-state index in [-0.39, 0.29) is 34.0 Å². The molecular weight excluding hydrogens is 830 g/mol. The van der Waals surface area contributed by atoms with Crippen molar-refractivity contribution in [3.63, 3.8) is 0 Å². The molecule has 3 aromatic carbocycles. The number of nitrogens with one attached hydrogen (secondary N) is 1. The third-order valence-electron chi connectivity index (χ3n) is 9.67. The smallest absolute Gasteiger partial charge is 0.284 e. The zero-order chi connectivity index (χ0) is 43.2. The van der Waals surface area contributed by atoms with Crippen LogP contribution in [0.4, 0.5) is 10.1 Å². The van der Waals surface area contributed by atoms with Crippen molar-refractivity contribution in [3.05, 3.63) is 135 Å². The molecule has 1 amide bonds. The molecule has 4 aromatic heterocycles. The van der Waals surface area contributed by atoms with Gasteiger partial charge in [-0.25, -0.2) is 14.4 Å². The normalized spacial score (nSPS) is 13.6. The Bertz CT molecular complexity index is 2730. The quantitative estimate of drug-likeness (QED) is 0.162. The molecular formula is C42H39Cl2FN10O6. The molecule has 7 aromatic rings. The lowest BCUT2D eigenvalue weighted by Crippen LogP contribution is -2.39. The van der Waals surface area contributed by atoms with Crippen LogP contribution in [0.2, 0.25) is 10.0 Å². The molecule has 16 nitrogen and oxygen atoms in total. The van der Waals surface area contributed by atoms with E-state index < -0.39 is 29.4 Å². The standard InChI is InChI=1S/C24H21ClFN5O3.C18H18ClN5O3/c1-33-22-5-4-20(29-30-22)24(32)16-11-17(19(26)12-18(16)25)23-15-3-2-14(10-21(15)27-13-28-23)31-6-8-34-9-7-31;1-11(10-25)21-17(26)15-7-16(12-3-5-13(19)6-4-12)22-24(18(15)27)14-8-20-23(2)9-14/h2-5,10-13,24,32H,6-9H2,1H3;3-9,11,25H,10H2,1-2H3,(H,21,26)/t24-;/m0./s1. The molecule has 1 aliphatic heterocycles. The van der Waals surface area contributed by atoms with E-state index in [1.807, 2.05) is 18.2 Å². The van der Waals surface area contributed by atoms with Crippen LogP contribution in [0.3, 0.4) is 0 Å². The van der Waals surface area contributed by atoms with Crippen molar-refractivity contribution < 1.29 is 28.9 Å². The number of hydrogen-bond acceptors (Lipinski definition) is 13. The number of aliphatic hydroxyl groups excluding tert-OH is 2. The summed E-state index contributed by atoms with van der Waals surface area (Å²) in [4.78, 5) is 36.4. The monoisotopic (exact) mass is 868 g/mol. The van der Waals surface area contributed by atoms with Gasteiger partial charge in [-0.3, -0.25) is 14.3 Å². The Labute approximate surface area is 358 Å². The van der Waals surface area contributed by atoms with E-state index >= 15 is 4.39 Å². The molecule has 1 unspecified atom stereocenters. The zero-order valence-corrected chi connectivity index (χ0v) is 34.5. The molecule has 0 radical (unpaired) electrons. The number of aliphatic hydroxyl groups is 2. The molecule has 314 valence electrons. The molecule has 0 aliphatic carbocycles. The fourth-order valence-corrected chi connectivity index (χ4v) is 6.82. The summed E-state index contributed by atoms with van der Waals surface area (Å²) < 4.78 is 28.2. The van der Waals surface area contributed by atoms with Crippen LogP contribution in [0.1, 0.15) is 34.6 Å². The molecule has 19 heteroatoms. The molecule has 3 N–H and O–H groups in total. The summed E-state index contributed by atoms with van der Waals surface area (Å²) in [6, 6.07) is 19.5. The lowest BCUT2D eigenvalue weighted by molar-refractivity contribution is 0.0920. The van der Waals surface area contributed by atoms with Crippen LogP contribution in [0, 0.1) is 5.82 Å². The van der Waals surface area contributed by atoms with Crippen LogP contribution in [0.5, 0.6) is 5.88 Å². The highest BCUT2D eigenvalue weighted by Crippen LogP contribution is 2.36. The fraction of sp³-hybridized carbons (Fsp3) is 0.238. The Morgan fingerprint density at radius 1 is 1.00 bits per heavy atom. The molecule has 0 saturated carbocycles. The largest absolute Gasteiger partial charge is 0.480 e. The predicted octanol–water partition coefficient (Wildman–Crippen LogP) is 5.20. The van der Waals surface area contributed by atoms with Gasteiger partial charge in [-0.1, -0.05) is 35.3 Å². The number of hydrogen-bond donors (Lipinski definition) is 3. The molecule has 1 fully saturated rings. The van der Waals surface area contributed by atoms with Gasteiger partial charge in [0.1, 0.15) is 29.5 Å². The van der Waals surface area contributed by atoms with Crippen molar-refractivity contribution in [1.82, 2.24) is 45.0 Å². The molecule has 0 bridgehead atoms. The Morgan fingerprint density at radius 2 is 1.77 bits per heavy atom. The Morgan fingerprint density at radius 3 is 2.44 bits per heavy atom. The number of carbonyl (C=O) groups is 1. The number of aromatic nitrogens is 8. The van der Waals surface area contributed by atoms with E-state index in [2.05, 4.69) is 40.6 Å². The minimum Gasteiger partial charge on any atom is -0.480 e. The average molecular weight is 870 g/mol. The van der Waals surface area contributed by atoms with Gasteiger partial charge in [0.25, 0.3) is 11.5 Å². The van der Waals surface area contributed by atoms with Crippen molar-refractivity contribution in [1.29, 1.82) is 0 Å². The number of halogens is 3. The molecule has 0 spiro atoms. The maximum Gasteiger partial charge on any atom is 0.284 e. The van der Waals surface area contributed by atoms with E-state index in [0.717, 1.165) is 23.5 Å². The first kappa shape index (κ1) is 42.7. The summed E-state index contributed by atoms with van der Waals surface area (Å²) in [6.45, 7) is 4.34. The van der Waals surface area contributed by atoms with Crippen LogP contribution in [-0.2, 0) is 11.8 Å². The summed E-state index contributed by atoms with van der Waals surface area (Å²) in [5, 5.41) is 40.2. The fourth-order valence-electron chi connectivity index (χ4n) is 6.44. The second-order valence-electron chi connectivity index (χ2n) is 13.9. The van der Waals surface area contributed by atoms with E-state index in [0.29, 0.717) is 57.7 Å². The van der Waals surface area contributed by atoms with Gasteiger partial charge in [-0.2, -0.15) is 14.9 Å². The maximum absolute atomic E-state index is 15.1. The first-order valence-corrected chi connectivity index (χ1v) is 19.6. The van der Waals surface area contributed by atoms with Gasteiger partial charge in [0, 0.05) is 70.1 Å². The third-order valence-corrected chi connectivity index (χ3v) is 10.2. The third kappa shape index (κ3) is 9.66. The Hall–Kier alpha value is -6.37. The number of ether oxygens (including phenoxy) is 2. The van der Waals surface area contributed by atoms with Gasteiger partial charge in [0.15, 0.2) is 0 Å². The number of nitrogens with zero attached hydrogens (tertiary/aromatic N) is 9. The number of carbonyl (C=O) groups excluding carboxylic acids is 1. The van der Waals surface area contributed by atoms with Gasteiger partial charge in [0.2, 0.25) is 5.88 Å². The van der Waals surface area contributed by atoms with Crippen molar-refractivity contribution in [2.75, 3.05) is 44.9 Å². The first-order chi connectivity index (χ1) is 29.4. The number of methoxy groups -OCH3 is 1. The summed E-state index contributed by atoms with van der Waals surface area (Å²) >= 11 is 12.2. The van der Waals surface area contributed by atoms with E-state index in [4.69, 9.17) is 37.8 Å². The molecule has 5 heterocycles. The highest BCUT2D eigenvalue weighted by Gasteiger charge is 2.23. The summed E-state index contributed by atoms with van der Waals surface area (Å²) in [7, 11) is 3.19. The van der Waals surface area contributed by atoms with Crippen LogP contribution in [0.15, 0.2) is 96.3 Å². The SMILES string of the molecule is CC(CO)NC(=O)c1cc(-c2ccc(Cl)cc2)nn(-c2cnn(C)c2)c1=O.COc1ccc([C@@H](O)c2cc(-c3ncnc4cc(N5CCOCC5)ccc34)c(F)cc2Cl)nn1. The lowest BCUT2D eigenvalue weighted by Gasteiger charge is -2.29. The Balaban J connectivity index is 0.000000189. The summed E-state index contributed by atoms with van der Waals surface area (Å²) in [5.41, 5.74) is 3.74. The van der Waals surface area contributed by atoms with Crippen molar-refractivity contribution in [2.45, 2.75) is 19.1 Å². The molecule has 61 heavy (non-hydrogen) atoms. The maximum atomic E-state index is 15.1. The van der Waals surface area contributed by atoms with E-state index in [1.165, 1.54) is 42.5 Å². The number of amides is 1. The second kappa shape index (κ2) is 18.9. The number of fused-ring (bicyclic) bond motifs is 1. The van der Waals surface area contributed by atoms with Crippen molar-refractivity contribution in [2.24, 2.45) is 7.05 Å². The summed E-state index contributed by atoms with van der Waals surface area (Å²) in [5.74, 6) is -0.832. The van der Waals surface area contributed by atoms with Gasteiger partial charge in [-0.05, 0) is 61.5 Å². The van der Waals surface area contributed by atoms with Gasteiger partial charge < -0.3 is 29.9 Å². The zero-order valence-electron chi connectivity index (χ0n) is 33.0. The number of aryl methyl sites for hydroxylation is 1. The van der Waals surface area contributed by atoms with E-state index in [1.54, 1.807) is 56.6 Å². The van der Waals surface area contributed by atoms with Gasteiger partial charge >= 0.3 is 0 Å². The average Bonchev–Trinajstić information content (AvgIpc) is 3.72. The minimum absolute atomic E-state index is 0.0688. The van der Waals surface area contributed by atoms with Crippen LogP contribution in [-0.4, -0.2) is 102 Å². The van der Waals surface area contributed by atoms with E-state index in [9.17, 15) is 14.7 Å². The summed E-state index contributed by atoms with van der Waals surface area (Å²) in [6.07, 6.45) is 3.29. The van der Waals surface area contributed by atoms with Gasteiger partial charge in [-0.15, -0.1) is 10.2 Å². The first-order valence-electron chi connectivity index (χ1n) is 18.9. The number of anilines is 1. The highest BCUT2D eigenvalue weighted by molar-refractivity contribution is 6.31. The second-order valence-corrected chi connectivity index (χ2v) is 14.7. The molecule has 8 rings (SSSR count). The molecule has 1 aliphatic rings. The topological polar surface area (TPSA) is 196 Å². The number of morpholine rings is 1. The highest BCUT2D eigenvalue weighted by atomic mass is 35.5. The number of benzene rings is 3. The van der Waals surface area contributed by atoms with Crippen LogP contribution in [0.25, 0.3) is 39.1 Å². The van der Waals surface area contributed by atoms with Crippen molar-refractivity contribution >= 4 is 45.7 Å². The van der Waals surface area contributed by atoms with Gasteiger partial charge in [0.05, 0.1) is 61.9 Å².